The molecule has 17 heavy (non-hydrogen) atoms. The summed E-state index contributed by atoms with van der Waals surface area (Å²) in [5.41, 5.74) is 5.79. The van der Waals surface area contributed by atoms with Crippen molar-refractivity contribution in [2.45, 2.75) is 25.7 Å². The SMILES string of the molecule is NCC1CCCCC1COc1ncc(Br)cn1. The second-order valence-corrected chi connectivity index (χ2v) is 5.45. The van der Waals surface area contributed by atoms with E-state index in [4.69, 9.17) is 10.5 Å². The average molecular weight is 300 g/mol. The minimum Gasteiger partial charge on any atom is -0.463 e. The van der Waals surface area contributed by atoms with Crippen LogP contribution in [-0.4, -0.2) is 23.1 Å². The molecule has 2 rings (SSSR count). The number of aromatic nitrogens is 2. The highest BCUT2D eigenvalue weighted by Crippen LogP contribution is 2.29. The molecule has 1 fully saturated rings. The summed E-state index contributed by atoms with van der Waals surface area (Å²) in [5, 5.41) is 0. The van der Waals surface area contributed by atoms with Crippen molar-refractivity contribution in [3.63, 3.8) is 0 Å². The first kappa shape index (κ1) is 12.8. The molecule has 0 spiro atoms. The van der Waals surface area contributed by atoms with E-state index in [0.717, 1.165) is 11.0 Å². The van der Waals surface area contributed by atoms with Crippen LogP contribution in [-0.2, 0) is 0 Å². The van der Waals surface area contributed by atoms with Crippen molar-refractivity contribution >= 4 is 15.9 Å². The predicted octanol–water partition coefficient (Wildman–Crippen LogP) is 2.38. The number of nitrogens with two attached hydrogens (primary N) is 1. The van der Waals surface area contributed by atoms with E-state index in [1.807, 2.05) is 0 Å². The molecule has 1 saturated carbocycles. The normalized spacial score (nSPS) is 24.6. The van der Waals surface area contributed by atoms with Gasteiger partial charge in [0.25, 0.3) is 0 Å². The monoisotopic (exact) mass is 299 g/mol. The first-order chi connectivity index (χ1) is 8.29. The van der Waals surface area contributed by atoms with Crippen LogP contribution in [0.25, 0.3) is 0 Å². The van der Waals surface area contributed by atoms with Crippen LogP contribution < -0.4 is 10.5 Å². The molecule has 2 unspecified atom stereocenters. The smallest absolute Gasteiger partial charge is 0.316 e. The van der Waals surface area contributed by atoms with E-state index in [2.05, 4.69) is 25.9 Å². The highest BCUT2D eigenvalue weighted by molar-refractivity contribution is 9.10. The number of halogens is 1. The fourth-order valence-electron chi connectivity index (χ4n) is 2.37. The third kappa shape index (κ3) is 3.64. The van der Waals surface area contributed by atoms with E-state index in [9.17, 15) is 0 Å². The molecule has 1 aromatic heterocycles. The van der Waals surface area contributed by atoms with Crippen molar-refractivity contribution in [1.82, 2.24) is 9.97 Å². The second kappa shape index (κ2) is 6.31. The third-order valence-corrected chi connectivity index (χ3v) is 3.80. The topological polar surface area (TPSA) is 61.0 Å². The standard InChI is InChI=1S/C12H18BrN3O/c13-11-6-15-12(16-7-11)17-8-10-4-2-1-3-9(10)5-14/h6-7,9-10H,1-5,8,14H2. The molecule has 2 atom stereocenters. The van der Waals surface area contributed by atoms with E-state index in [1.165, 1.54) is 25.7 Å². The molecule has 94 valence electrons. The Bertz CT molecular complexity index is 344. The van der Waals surface area contributed by atoms with Crippen molar-refractivity contribution in [2.24, 2.45) is 17.6 Å². The summed E-state index contributed by atoms with van der Waals surface area (Å²) in [6.07, 6.45) is 8.41. The zero-order valence-corrected chi connectivity index (χ0v) is 11.4. The molecule has 5 heteroatoms. The van der Waals surface area contributed by atoms with Crippen LogP contribution in [0.5, 0.6) is 6.01 Å². The first-order valence-corrected chi connectivity index (χ1v) is 6.89. The maximum Gasteiger partial charge on any atom is 0.316 e. The maximum atomic E-state index is 5.79. The quantitative estimate of drug-likeness (QED) is 0.927. The van der Waals surface area contributed by atoms with Crippen LogP contribution in [0.2, 0.25) is 0 Å². The van der Waals surface area contributed by atoms with Gasteiger partial charge in [-0.15, -0.1) is 0 Å². The van der Waals surface area contributed by atoms with Crippen LogP contribution >= 0.6 is 15.9 Å². The molecule has 0 amide bonds. The van der Waals surface area contributed by atoms with Gasteiger partial charge in [0, 0.05) is 12.4 Å². The lowest BCUT2D eigenvalue weighted by molar-refractivity contribution is 0.145. The van der Waals surface area contributed by atoms with E-state index in [-0.39, 0.29) is 0 Å². The molecule has 0 saturated heterocycles. The summed E-state index contributed by atoms with van der Waals surface area (Å²) in [7, 11) is 0. The molecular weight excluding hydrogens is 282 g/mol. The molecule has 0 aromatic carbocycles. The Kier molecular flexibility index (Phi) is 4.74. The molecule has 0 radical (unpaired) electrons. The Hall–Kier alpha value is -0.680. The fourth-order valence-corrected chi connectivity index (χ4v) is 2.58. The number of rotatable bonds is 4. The van der Waals surface area contributed by atoms with Gasteiger partial charge >= 0.3 is 6.01 Å². The summed E-state index contributed by atoms with van der Waals surface area (Å²) in [6, 6.07) is 0.453. The highest BCUT2D eigenvalue weighted by Gasteiger charge is 2.24. The van der Waals surface area contributed by atoms with E-state index in [1.54, 1.807) is 12.4 Å². The molecule has 0 aliphatic heterocycles. The number of hydrogen-bond acceptors (Lipinski definition) is 4. The molecule has 0 bridgehead atoms. The van der Waals surface area contributed by atoms with Crippen molar-refractivity contribution in [1.29, 1.82) is 0 Å². The lowest BCUT2D eigenvalue weighted by Crippen LogP contribution is -2.30. The maximum absolute atomic E-state index is 5.79. The van der Waals surface area contributed by atoms with Gasteiger partial charge in [-0.2, -0.15) is 0 Å². The molecule has 1 aromatic rings. The van der Waals surface area contributed by atoms with Gasteiger partial charge in [0.2, 0.25) is 0 Å². The first-order valence-electron chi connectivity index (χ1n) is 6.10. The second-order valence-electron chi connectivity index (χ2n) is 4.54. The van der Waals surface area contributed by atoms with E-state index < -0.39 is 0 Å². The Balaban J connectivity index is 1.86. The number of ether oxygens (including phenoxy) is 1. The Morgan fingerprint density at radius 1 is 1.24 bits per heavy atom. The van der Waals surface area contributed by atoms with Crippen LogP contribution in [0, 0.1) is 11.8 Å². The molecule has 1 heterocycles. The Morgan fingerprint density at radius 3 is 2.53 bits per heavy atom. The molecule has 2 N–H and O–H groups in total. The zero-order valence-electron chi connectivity index (χ0n) is 9.81. The van der Waals surface area contributed by atoms with E-state index in [0.29, 0.717) is 24.5 Å². The molecular formula is C12H18BrN3O. The molecule has 4 nitrogen and oxygen atoms in total. The fraction of sp³-hybridized carbons (Fsp3) is 0.667. The van der Waals surface area contributed by atoms with Crippen molar-refractivity contribution < 1.29 is 4.74 Å². The van der Waals surface area contributed by atoms with Crippen LogP contribution in [0.15, 0.2) is 16.9 Å². The Morgan fingerprint density at radius 2 is 1.88 bits per heavy atom. The van der Waals surface area contributed by atoms with Crippen molar-refractivity contribution in [3.05, 3.63) is 16.9 Å². The van der Waals surface area contributed by atoms with Gasteiger partial charge in [0.1, 0.15) is 0 Å². The lowest BCUT2D eigenvalue weighted by atomic mass is 9.80. The molecule has 1 aliphatic rings. The van der Waals surface area contributed by atoms with Gasteiger partial charge in [0.15, 0.2) is 0 Å². The minimum absolute atomic E-state index is 0.453. The predicted molar refractivity (Wildman–Crippen MR) is 69.7 cm³/mol. The average Bonchev–Trinajstić information content (AvgIpc) is 2.38. The highest BCUT2D eigenvalue weighted by atomic mass is 79.9. The largest absolute Gasteiger partial charge is 0.463 e. The number of nitrogens with zero attached hydrogens (tertiary/aromatic N) is 2. The lowest BCUT2D eigenvalue weighted by Gasteiger charge is -2.29. The summed E-state index contributed by atoms with van der Waals surface area (Å²) in [6.45, 7) is 1.44. The van der Waals surface area contributed by atoms with Crippen molar-refractivity contribution in [2.75, 3.05) is 13.2 Å². The number of hydrogen-bond donors (Lipinski definition) is 1. The van der Waals surface area contributed by atoms with Gasteiger partial charge in [-0.05, 0) is 47.2 Å². The summed E-state index contributed by atoms with van der Waals surface area (Å²) >= 11 is 3.30. The van der Waals surface area contributed by atoms with Crippen LogP contribution in [0.1, 0.15) is 25.7 Å². The van der Waals surface area contributed by atoms with Gasteiger partial charge in [-0.3, -0.25) is 0 Å². The van der Waals surface area contributed by atoms with Crippen LogP contribution in [0.4, 0.5) is 0 Å². The summed E-state index contributed by atoms with van der Waals surface area (Å²) in [5.74, 6) is 1.15. The van der Waals surface area contributed by atoms with Crippen LogP contribution in [0.3, 0.4) is 0 Å². The van der Waals surface area contributed by atoms with Gasteiger partial charge in [0.05, 0.1) is 11.1 Å². The molecule has 1 aliphatic carbocycles. The third-order valence-electron chi connectivity index (χ3n) is 3.39. The minimum atomic E-state index is 0.453. The zero-order chi connectivity index (χ0) is 12.1. The van der Waals surface area contributed by atoms with E-state index >= 15 is 0 Å². The van der Waals surface area contributed by atoms with Gasteiger partial charge in [-0.1, -0.05) is 12.8 Å². The van der Waals surface area contributed by atoms with Gasteiger partial charge < -0.3 is 10.5 Å². The Labute approximate surface area is 110 Å². The summed E-state index contributed by atoms with van der Waals surface area (Å²) in [4.78, 5) is 8.20. The van der Waals surface area contributed by atoms with Gasteiger partial charge in [-0.25, -0.2) is 9.97 Å². The van der Waals surface area contributed by atoms with Crippen molar-refractivity contribution in [3.8, 4) is 6.01 Å². The summed E-state index contributed by atoms with van der Waals surface area (Å²) < 4.78 is 6.50.